The highest BCUT2D eigenvalue weighted by molar-refractivity contribution is 6.31. The highest BCUT2D eigenvalue weighted by atomic mass is 35.5. The minimum Gasteiger partial charge on any atom is -0.493 e. The molecule has 0 aliphatic carbocycles. The quantitative estimate of drug-likeness (QED) is 0.323. The molecule has 3 aromatic carbocycles. The van der Waals surface area contributed by atoms with E-state index in [4.69, 9.17) is 27.9 Å². The van der Waals surface area contributed by atoms with E-state index in [0.717, 1.165) is 48.8 Å². The van der Waals surface area contributed by atoms with Gasteiger partial charge >= 0.3 is 0 Å². The van der Waals surface area contributed by atoms with Gasteiger partial charge in [-0.25, -0.2) is 4.39 Å². The second kappa shape index (κ2) is 10.6. The minimum absolute atomic E-state index is 0.0915. The average molecular weight is 475 g/mol. The summed E-state index contributed by atoms with van der Waals surface area (Å²) in [5.74, 6) is 0.135. The predicted octanol–water partition coefficient (Wildman–Crippen LogP) is 5.60. The lowest BCUT2D eigenvalue weighted by Gasteiger charge is -2.16. The Labute approximate surface area is 197 Å². The van der Waals surface area contributed by atoms with E-state index >= 15 is 0 Å². The molecule has 168 valence electrons. The monoisotopic (exact) mass is 474 g/mol. The Morgan fingerprint density at radius 3 is 2.75 bits per heavy atom. The lowest BCUT2D eigenvalue weighted by atomic mass is 10.0. The first kappa shape index (κ1) is 23.0. The molecule has 3 aromatic rings. The van der Waals surface area contributed by atoms with Crippen molar-refractivity contribution in [2.45, 2.75) is 18.9 Å². The first-order valence-corrected chi connectivity index (χ1v) is 11.5. The fraction of sp³-hybridized carbons (Fsp3) is 0.320. The largest absolute Gasteiger partial charge is 0.493 e. The van der Waals surface area contributed by atoms with Crippen LogP contribution in [0.2, 0.25) is 10.0 Å². The van der Waals surface area contributed by atoms with E-state index in [2.05, 4.69) is 10.2 Å². The van der Waals surface area contributed by atoms with Crippen LogP contribution in [0.15, 0.2) is 54.6 Å². The highest BCUT2D eigenvalue weighted by Crippen LogP contribution is 2.22. The Balaban J connectivity index is 1.18. The molecule has 1 atom stereocenters. The summed E-state index contributed by atoms with van der Waals surface area (Å²) in [5.41, 5.74) is 0.729. The zero-order valence-corrected chi connectivity index (χ0v) is 19.1. The summed E-state index contributed by atoms with van der Waals surface area (Å²) in [4.78, 5) is 15.0. The van der Waals surface area contributed by atoms with Gasteiger partial charge in [0.1, 0.15) is 11.6 Å². The first-order chi connectivity index (χ1) is 15.5. The number of nitrogens with zero attached hydrogens (tertiary/aromatic N) is 1. The number of halogens is 3. The molecule has 0 spiro atoms. The van der Waals surface area contributed by atoms with E-state index in [-0.39, 0.29) is 10.8 Å². The summed E-state index contributed by atoms with van der Waals surface area (Å²) in [6.45, 7) is 3.46. The van der Waals surface area contributed by atoms with Gasteiger partial charge in [-0.05, 0) is 60.5 Å². The van der Waals surface area contributed by atoms with Gasteiger partial charge in [0.05, 0.1) is 18.2 Å². The van der Waals surface area contributed by atoms with Gasteiger partial charge in [0.25, 0.3) is 0 Å². The third-order valence-electron chi connectivity index (χ3n) is 5.68. The summed E-state index contributed by atoms with van der Waals surface area (Å²) in [6, 6.07) is 16.3. The number of ketones is 1. The summed E-state index contributed by atoms with van der Waals surface area (Å²) < 4.78 is 19.0. The van der Waals surface area contributed by atoms with Crippen molar-refractivity contribution in [1.29, 1.82) is 0 Å². The number of benzene rings is 3. The number of nitrogens with one attached hydrogen (secondary N) is 1. The molecule has 1 N–H and O–H groups in total. The van der Waals surface area contributed by atoms with Crippen molar-refractivity contribution in [2.24, 2.45) is 0 Å². The zero-order chi connectivity index (χ0) is 22.5. The van der Waals surface area contributed by atoms with E-state index < -0.39 is 5.82 Å². The van der Waals surface area contributed by atoms with Gasteiger partial charge in [-0.3, -0.25) is 9.69 Å². The fourth-order valence-corrected chi connectivity index (χ4v) is 4.26. The Kier molecular flexibility index (Phi) is 7.63. The van der Waals surface area contributed by atoms with Crippen molar-refractivity contribution in [3.63, 3.8) is 0 Å². The van der Waals surface area contributed by atoms with Crippen LogP contribution in [0.5, 0.6) is 5.75 Å². The minimum atomic E-state index is -0.476. The van der Waals surface area contributed by atoms with Crippen LogP contribution in [0.3, 0.4) is 0 Å². The molecular weight excluding hydrogens is 450 g/mol. The molecule has 0 radical (unpaired) electrons. The molecule has 32 heavy (non-hydrogen) atoms. The molecule has 0 amide bonds. The second-order valence-electron chi connectivity index (χ2n) is 8.08. The van der Waals surface area contributed by atoms with E-state index in [1.54, 1.807) is 6.07 Å². The molecule has 1 unspecified atom stereocenters. The van der Waals surface area contributed by atoms with Crippen molar-refractivity contribution < 1.29 is 13.9 Å². The topological polar surface area (TPSA) is 41.6 Å². The van der Waals surface area contributed by atoms with Crippen LogP contribution in [-0.2, 0) is 0 Å². The number of hydrogen-bond acceptors (Lipinski definition) is 4. The maximum absolute atomic E-state index is 13.4. The molecule has 1 aliphatic rings. The van der Waals surface area contributed by atoms with Crippen LogP contribution in [0, 0.1) is 5.82 Å². The van der Waals surface area contributed by atoms with Crippen molar-refractivity contribution in [1.82, 2.24) is 10.2 Å². The number of carbonyl (C=O) groups is 1. The summed E-state index contributed by atoms with van der Waals surface area (Å²) in [7, 11) is 0. The van der Waals surface area contributed by atoms with Gasteiger partial charge < -0.3 is 10.1 Å². The number of hydrogen-bond donors (Lipinski definition) is 1. The van der Waals surface area contributed by atoms with Crippen LogP contribution in [0.25, 0.3) is 10.8 Å². The Hall–Kier alpha value is -2.18. The maximum Gasteiger partial charge on any atom is 0.176 e. The molecule has 1 saturated heterocycles. The normalized spacial score (nSPS) is 16.5. The first-order valence-electron chi connectivity index (χ1n) is 10.7. The standard InChI is InChI=1S/C25H25Cl2FN2O2/c26-20-5-4-17-12-19(3-2-18(17)13-20)25(31)16-30-10-8-21(15-30)29-9-1-11-32-22-6-7-23(27)24(28)14-22/h2-7,12-14,21,29H,1,8-11,15-16H2. The van der Waals surface area contributed by atoms with E-state index in [0.29, 0.717) is 30.0 Å². The third-order valence-corrected chi connectivity index (χ3v) is 6.22. The van der Waals surface area contributed by atoms with Crippen LogP contribution >= 0.6 is 23.2 Å². The molecule has 4 nitrogen and oxygen atoms in total. The lowest BCUT2D eigenvalue weighted by Crippen LogP contribution is -2.35. The molecule has 0 aromatic heterocycles. The second-order valence-corrected chi connectivity index (χ2v) is 8.93. The van der Waals surface area contributed by atoms with Crippen molar-refractivity contribution in [2.75, 3.05) is 32.8 Å². The Morgan fingerprint density at radius 2 is 1.91 bits per heavy atom. The van der Waals surface area contributed by atoms with Crippen molar-refractivity contribution in [3.8, 4) is 5.75 Å². The SMILES string of the molecule is O=C(CN1CCC(NCCCOc2ccc(Cl)c(F)c2)C1)c1ccc2cc(Cl)ccc2c1. The van der Waals surface area contributed by atoms with Crippen LogP contribution in [-0.4, -0.2) is 49.5 Å². The molecule has 1 aliphatic heterocycles. The van der Waals surface area contributed by atoms with Gasteiger partial charge in [-0.1, -0.05) is 41.4 Å². The number of Topliss-reactive ketones (excluding diaryl/α,β-unsaturated/α-hetero) is 1. The molecule has 4 rings (SSSR count). The lowest BCUT2D eigenvalue weighted by molar-refractivity contribution is 0.0944. The highest BCUT2D eigenvalue weighted by Gasteiger charge is 2.24. The number of rotatable bonds is 9. The summed E-state index contributed by atoms with van der Waals surface area (Å²) >= 11 is 11.7. The van der Waals surface area contributed by atoms with E-state index in [1.807, 2.05) is 36.4 Å². The van der Waals surface area contributed by atoms with Crippen LogP contribution < -0.4 is 10.1 Å². The van der Waals surface area contributed by atoms with Crippen molar-refractivity contribution in [3.05, 3.63) is 76.0 Å². The number of fused-ring (bicyclic) bond motifs is 1. The van der Waals surface area contributed by atoms with Crippen molar-refractivity contribution >= 4 is 39.8 Å². The van der Waals surface area contributed by atoms with Crippen LogP contribution in [0.4, 0.5) is 4.39 Å². The average Bonchev–Trinajstić information content (AvgIpc) is 3.22. The molecule has 7 heteroatoms. The fourth-order valence-electron chi connectivity index (χ4n) is 3.96. The zero-order valence-electron chi connectivity index (χ0n) is 17.6. The van der Waals surface area contributed by atoms with Gasteiger partial charge in [-0.2, -0.15) is 0 Å². The summed E-state index contributed by atoms with van der Waals surface area (Å²) in [6.07, 6.45) is 1.81. The molecular formula is C25H25Cl2FN2O2. The van der Waals surface area contributed by atoms with Gasteiger partial charge in [0, 0.05) is 35.8 Å². The van der Waals surface area contributed by atoms with Gasteiger partial charge in [-0.15, -0.1) is 0 Å². The van der Waals surface area contributed by atoms with E-state index in [1.165, 1.54) is 12.1 Å². The smallest absolute Gasteiger partial charge is 0.176 e. The number of ether oxygens (including phenoxy) is 1. The molecule has 0 saturated carbocycles. The van der Waals surface area contributed by atoms with Gasteiger partial charge in [0.15, 0.2) is 5.78 Å². The molecule has 1 heterocycles. The third kappa shape index (κ3) is 5.99. The molecule has 0 bridgehead atoms. The van der Waals surface area contributed by atoms with Crippen LogP contribution in [0.1, 0.15) is 23.2 Å². The maximum atomic E-state index is 13.4. The number of likely N-dealkylation sites (tertiary alicyclic amines) is 1. The molecule has 1 fully saturated rings. The Bertz CT molecular complexity index is 1110. The predicted molar refractivity (Wildman–Crippen MR) is 128 cm³/mol. The summed E-state index contributed by atoms with van der Waals surface area (Å²) in [5, 5.41) is 6.35. The van der Waals surface area contributed by atoms with E-state index in [9.17, 15) is 9.18 Å². The Morgan fingerprint density at radius 1 is 1.09 bits per heavy atom. The number of carbonyl (C=O) groups excluding carboxylic acids is 1. The van der Waals surface area contributed by atoms with Gasteiger partial charge in [0.2, 0.25) is 0 Å².